The molecule has 2 bridgehead atoms. The molecule has 1 saturated heterocycles. The quantitative estimate of drug-likeness (QED) is 0.146. The molecule has 0 radical (unpaired) electrons. The zero-order valence-corrected chi connectivity index (χ0v) is 28.9. The van der Waals surface area contributed by atoms with Crippen LogP contribution >= 0.6 is 9.47 Å². The molecule has 9 heteroatoms. The smallest absolute Gasteiger partial charge is 0.192 e. The summed E-state index contributed by atoms with van der Waals surface area (Å²) in [4.78, 5) is 28.7. The Morgan fingerprint density at radius 3 is 2.38 bits per heavy atom. The van der Waals surface area contributed by atoms with Gasteiger partial charge in [-0.15, -0.1) is 0 Å². The highest BCUT2D eigenvalue weighted by Crippen LogP contribution is 2.65. The third kappa shape index (κ3) is 4.84. The van der Waals surface area contributed by atoms with Gasteiger partial charge in [0.15, 0.2) is 14.6 Å². The highest BCUT2D eigenvalue weighted by Gasteiger charge is 2.71. The van der Waals surface area contributed by atoms with Crippen molar-refractivity contribution in [2.75, 3.05) is 6.79 Å². The van der Waals surface area contributed by atoms with Gasteiger partial charge >= 0.3 is 0 Å². The Morgan fingerprint density at radius 2 is 1.76 bits per heavy atom. The fraction of sp³-hybridized carbons (Fsp3) is 0.697. The number of benzene rings is 1. The predicted molar refractivity (Wildman–Crippen MR) is 167 cm³/mol. The van der Waals surface area contributed by atoms with Gasteiger partial charge < -0.3 is 23.2 Å². The van der Waals surface area contributed by atoms with Crippen LogP contribution in [0.4, 0.5) is 0 Å². The molecule has 1 aromatic rings. The van der Waals surface area contributed by atoms with Crippen LogP contribution in [0.1, 0.15) is 86.0 Å². The number of hydrogen-bond acceptors (Lipinski definition) is 7. The van der Waals surface area contributed by atoms with Crippen LogP contribution in [0.2, 0.25) is 18.1 Å². The molecule has 0 amide bonds. The first-order chi connectivity index (χ1) is 19.5. The Hall–Kier alpha value is -1.25. The van der Waals surface area contributed by atoms with Gasteiger partial charge in [0, 0.05) is 39.7 Å². The third-order valence-electron chi connectivity index (χ3n) is 11.5. The van der Waals surface area contributed by atoms with Crippen LogP contribution in [-0.4, -0.2) is 50.6 Å². The molecule has 1 aromatic carbocycles. The molecule has 3 fully saturated rings. The minimum atomic E-state index is -2.21. The van der Waals surface area contributed by atoms with E-state index in [0.717, 1.165) is 16.7 Å². The number of fused-ring (bicyclic) bond motifs is 3. The van der Waals surface area contributed by atoms with E-state index in [1.54, 1.807) is 0 Å². The van der Waals surface area contributed by atoms with Gasteiger partial charge in [0.25, 0.3) is 0 Å². The lowest BCUT2D eigenvalue weighted by molar-refractivity contribution is -0.189. The zero-order chi connectivity index (χ0) is 30.9. The van der Waals surface area contributed by atoms with Crippen molar-refractivity contribution in [3.05, 3.63) is 47.0 Å². The van der Waals surface area contributed by atoms with Crippen molar-refractivity contribution < 1.29 is 32.7 Å². The van der Waals surface area contributed by atoms with Gasteiger partial charge in [0.2, 0.25) is 0 Å². The van der Waals surface area contributed by atoms with Gasteiger partial charge in [-0.3, -0.25) is 9.59 Å². The Labute approximate surface area is 254 Å². The summed E-state index contributed by atoms with van der Waals surface area (Å²) < 4.78 is 32.6. The van der Waals surface area contributed by atoms with Crippen LogP contribution < -0.4 is 0 Å². The number of Topliss-reactive ketones (excluding diaryl/α,β-unsaturated/α-hetero) is 2. The van der Waals surface area contributed by atoms with Crippen LogP contribution in [-0.2, 0) is 32.7 Å². The second kappa shape index (κ2) is 11.0. The number of hydrogen-bond donors (Lipinski definition) is 0. The number of carbonyl (C=O) groups is 2. The molecule has 4 aliphatic rings. The van der Waals surface area contributed by atoms with E-state index in [0.29, 0.717) is 19.3 Å². The molecule has 1 spiro atoms. The highest BCUT2D eigenvalue weighted by atomic mass is 31.0. The Morgan fingerprint density at radius 1 is 1.10 bits per heavy atom. The van der Waals surface area contributed by atoms with Gasteiger partial charge in [-0.25, -0.2) is 0 Å². The molecule has 42 heavy (non-hydrogen) atoms. The standard InChI is InChI=1S/C33H49O7PSi/c1-20-22-17-25(35)32(7)26(36-19-37-41)16-15-23(34)27(32)28-33(31(22,5)6,18-24(20)40-42(8,9)30(2,3)4)39-29(38-28)21-13-11-10-12-14-21/h10-14,24,26-29H,15-19,41H2,1-9H3/t24-,26-,27-,28-,29-,32+,33+/m0/s1. The van der Waals surface area contributed by atoms with Gasteiger partial charge in [-0.05, 0) is 44.0 Å². The molecular formula is C33H49O7PSi. The number of ether oxygens (including phenoxy) is 3. The number of ketones is 2. The van der Waals surface area contributed by atoms with Crippen LogP contribution in [0.5, 0.6) is 0 Å². The Kier molecular flexibility index (Phi) is 8.40. The lowest BCUT2D eigenvalue weighted by atomic mass is 9.49. The first-order valence-corrected chi connectivity index (χ1v) is 18.6. The second-order valence-corrected chi connectivity index (χ2v) is 20.1. The van der Waals surface area contributed by atoms with Crippen molar-refractivity contribution in [2.45, 2.75) is 122 Å². The number of rotatable bonds is 6. The lowest BCUT2D eigenvalue weighted by Crippen LogP contribution is -2.68. The summed E-state index contributed by atoms with van der Waals surface area (Å²) in [5, 5.41) is 0.00156. The third-order valence-corrected chi connectivity index (χ3v) is 16.1. The predicted octanol–water partition coefficient (Wildman–Crippen LogP) is 7.08. The summed E-state index contributed by atoms with van der Waals surface area (Å²) in [5.41, 5.74) is 0.430. The summed E-state index contributed by atoms with van der Waals surface area (Å²) in [6.45, 7) is 19.6. The first kappa shape index (κ1) is 32.1. The molecule has 0 N–H and O–H groups in total. The molecule has 2 saturated carbocycles. The molecular weight excluding hydrogens is 567 g/mol. The average molecular weight is 617 g/mol. The van der Waals surface area contributed by atoms with Crippen molar-refractivity contribution in [3.63, 3.8) is 0 Å². The first-order valence-electron chi connectivity index (χ1n) is 15.3. The Balaban J connectivity index is 1.73. The highest BCUT2D eigenvalue weighted by molar-refractivity contribution is 7.09. The van der Waals surface area contributed by atoms with Gasteiger partial charge in [-0.1, -0.05) is 70.5 Å². The van der Waals surface area contributed by atoms with Gasteiger partial charge in [-0.2, -0.15) is 0 Å². The maximum Gasteiger partial charge on any atom is 0.192 e. The Bertz CT molecular complexity index is 1250. The van der Waals surface area contributed by atoms with Gasteiger partial charge in [0.1, 0.15) is 30.1 Å². The number of carbonyl (C=O) groups excluding carboxylic acids is 2. The van der Waals surface area contributed by atoms with E-state index in [2.05, 4.69) is 64.1 Å². The monoisotopic (exact) mass is 616 g/mol. The van der Waals surface area contributed by atoms with E-state index in [-0.39, 0.29) is 35.9 Å². The zero-order valence-electron chi connectivity index (χ0n) is 26.7. The van der Waals surface area contributed by atoms with Crippen LogP contribution in [0.25, 0.3) is 0 Å². The van der Waals surface area contributed by atoms with Gasteiger partial charge in [0.05, 0.1) is 23.5 Å². The largest absolute Gasteiger partial charge is 0.410 e. The molecule has 7 nitrogen and oxygen atoms in total. The van der Waals surface area contributed by atoms with E-state index in [4.69, 9.17) is 23.2 Å². The fourth-order valence-corrected chi connectivity index (χ4v) is 9.18. The van der Waals surface area contributed by atoms with Crippen LogP contribution in [0.3, 0.4) is 0 Å². The SMILES string of the molecule is CC1=C2CC(=O)[C@]3(C)[C@@H](OCOP)CCC(=O)[C@H]3[C@@H]3O[C@H](c4ccccc4)O[C@@]3(C[C@@H]1O[Si](C)(C)C(C)(C)C)C2(C)C. The van der Waals surface area contributed by atoms with Crippen molar-refractivity contribution in [2.24, 2.45) is 16.7 Å². The van der Waals surface area contributed by atoms with E-state index >= 15 is 0 Å². The summed E-state index contributed by atoms with van der Waals surface area (Å²) in [6, 6.07) is 9.90. The maximum absolute atomic E-state index is 14.6. The summed E-state index contributed by atoms with van der Waals surface area (Å²) >= 11 is 0. The molecule has 232 valence electrons. The lowest BCUT2D eigenvalue weighted by Gasteiger charge is -2.59. The molecule has 3 aliphatic carbocycles. The topological polar surface area (TPSA) is 80.3 Å². The molecule has 8 atom stereocenters. The van der Waals surface area contributed by atoms with Crippen molar-refractivity contribution in [1.82, 2.24) is 0 Å². The molecule has 5 rings (SSSR count). The molecule has 1 aliphatic heterocycles. The minimum absolute atomic E-state index is 0.00156. The summed E-state index contributed by atoms with van der Waals surface area (Å²) in [6.07, 6.45) is -0.535. The second-order valence-electron chi connectivity index (χ2n) is 15.0. The van der Waals surface area contributed by atoms with Crippen molar-refractivity contribution in [1.29, 1.82) is 0 Å². The van der Waals surface area contributed by atoms with E-state index in [9.17, 15) is 9.59 Å². The average Bonchev–Trinajstić information content (AvgIpc) is 3.29. The van der Waals surface area contributed by atoms with Crippen molar-refractivity contribution in [3.8, 4) is 0 Å². The van der Waals surface area contributed by atoms with Crippen LogP contribution in [0, 0.1) is 16.7 Å². The summed E-state index contributed by atoms with van der Waals surface area (Å²) in [5.74, 6) is -0.689. The normalized spacial score (nSPS) is 36.8. The molecule has 0 aromatic heterocycles. The van der Waals surface area contributed by atoms with Crippen molar-refractivity contribution >= 4 is 29.4 Å². The molecule has 1 unspecified atom stereocenters. The minimum Gasteiger partial charge on any atom is -0.410 e. The van der Waals surface area contributed by atoms with E-state index < -0.39 is 49.2 Å². The van der Waals surface area contributed by atoms with E-state index in [1.807, 2.05) is 37.3 Å². The fourth-order valence-electron chi connectivity index (χ4n) is 7.78. The maximum atomic E-state index is 14.6. The molecule has 1 heterocycles. The van der Waals surface area contributed by atoms with Crippen LogP contribution in [0.15, 0.2) is 41.5 Å². The van der Waals surface area contributed by atoms with E-state index in [1.165, 1.54) is 0 Å². The summed E-state index contributed by atoms with van der Waals surface area (Å²) in [7, 11) is -0.0101.